The maximum atomic E-state index is 8.72. The van der Waals surface area contributed by atoms with Crippen molar-refractivity contribution in [2.24, 2.45) is 0 Å². The highest BCUT2D eigenvalue weighted by Crippen LogP contribution is 1.91. The molecule has 0 rings (SSSR count). The Morgan fingerprint density at radius 1 is 1.75 bits per heavy atom. The molecule has 0 radical (unpaired) electrons. The number of hydrogen-bond donors (Lipinski definition) is 1. The van der Waals surface area contributed by atoms with Gasteiger partial charge in [0.2, 0.25) is 0 Å². The van der Waals surface area contributed by atoms with E-state index in [0.717, 1.165) is 0 Å². The van der Waals surface area contributed by atoms with E-state index in [0.29, 0.717) is 6.42 Å². The summed E-state index contributed by atoms with van der Waals surface area (Å²) >= 11 is 0. The van der Waals surface area contributed by atoms with Gasteiger partial charge in [0, 0.05) is 6.42 Å². The molecule has 1 N–H and O–H groups in total. The van der Waals surface area contributed by atoms with Crippen LogP contribution in [-0.4, -0.2) is 11.4 Å². The van der Waals surface area contributed by atoms with E-state index < -0.39 is 6.29 Å². The maximum Gasteiger partial charge on any atom is 0.196 e. The smallest absolute Gasteiger partial charge is 0.196 e. The predicted octanol–water partition coefficient (Wildman–Crippen LogP) is 1.26. The standard InChI is InChI=1S/C6H12O2/c1-3-5-8-6(7)4-2/h3,5-7H,4H2,1-2H3. The Morgan fingerprint density at radius 3 is 2.75 bits per heavy atom. The van der Waals surface area contributed by atoms with Crippen LogP contribution in [0.2, 0.25) is 0 Å². The molecule has 2 heteroatoms. The van der Waals surface area contributed by atoms with Gasteiger partial charge in [0.25, 0.3) is 0 Å². The molecule has 0 heterocycles. The second-order valence-electron chi connectivity index (χ2n) is 1.47. The Balaban J connectivity index is 3.10. The van der Waals surface area contributed by atoms with Gasteiger partial charge in [0.1, 0.15) is 0 Å². The summed E-state index contributed by atoms with van der Waals surface area (Å²) in [6.07, 6.45) is 3.21. The molecule has 0 aromatic rings. The molecule has 2 nitrogen and oxygen atoms in total. The lowest BCUT2D eigenvalue weighted by atomic mass is 10.5. The molecule has 0 saturated heterocycles. The van der Waals surface area contributed by atoms with Gasteiger partial charge >= 0.3 is 0 Å². The van der Waals surface area contributed by atoms with Crippen LogP contribution in [-0.2, 0) is 4.74 Å². The van der Waals surface area contributed by atoms with E-state index in [2.05, 4.69) is 0 Å². The predicted molar refractivity (Wildman–Crippen MR) is 32.2 cm³/mol. The first kappa shape index (κ1) is 7.50. The topological polar surface area (TPSA) is 29.5 Å². The number of hydrogen-bond acceptors (Lipinski definition) is 2. The Bertz CT molecular complexity index is 68.9. The van der Waals surface area contributed by atoms with Gasteiger partial charge in [0.15, 0.2) is 6.29 Å². The first-order chi connectivity index (χ1) is 3.81. The van der Waals surface area contributed by atoms with Crippen LogP contribution in [0.25, 0.3) is 0 Å². The van der Waals surface area contributed by atoms with Crippen molar-refractivity contribution in [3.63, 3.8) is 0 Å². The van der Waals surface area contributed by atoms with Crippen LogP contribution in [0.5, 0.6) is 0 Å². The summed E-state index contributed by atoms with van der Waals surface area (Å²) in [5.41, 5.74) is 0. The number of aliphatic hydroxyl groups is 1. The van der Waals surface area contributed by atoms with Gasteiger partial charge in [-0.25, -0.2) is 0 Å². The summed E-state index contributed by atoms with van der Waals surface area (Å²) in [7, 11) is 0. The molecule has 0 aromatic carbocycles. The van der Waals surface area contributed by atoms with Crippen LogP contribution in [0.4, 0.5) is 0 Å². The van der Waals surface area contributed by atoms with Gasteiger partial charge in [-0.3, -0.25) is 0 Å². The largest absolute Gasteiger partial charge is 0.473 e. The van der Waals surface area contributed by atoms with Gasteiger partial charge in [0.05, 0.1) is 6.26 Å². The van der Waals surface area contributed by atoms with Gasteiger partial charge in [-0.1, -0.05) is 13.0 Å². The Labute approximate surface area is 49.8 Å². The maximum absolute atomic E-state index is 8.72. The van der Waals surface area contributed by atoms with Crippen molar-refractivity contribution in [3.05, 3.63) is 12.3 Å². The summed E-state index contributed by atoms with van der Waals surface area (Å²) in [5.74, 6) is 0. The Hall–Kier alpha value is -0.500. The van der Waals surface area contributed by atoms with Crippen LogP contribution in [0.1, 0.15) is 20.3 Å². The molecule has 1 unspecified atom stereocenters. The van der Waals surface area contributed by atoms with E-state index in [1.54, 1.807) is 6.08 Å². The highest BCUT2D eigenvalue weighted by Gasteiger charge is 1.92. The fourth-order valence-electron chi connectivity index (χ4n) is 0.265. The molecule has 48 valence electrons. The SMILES string of the molecule is CC=COC(O)CC. The zero-order valence-electron chi connectivity index (χ0n) is 5.29. The first-order valence-electron chi connectivity index (χ1n) is 2.76. The van der Waals surface area contributed by atoms with Crippen molar-refractivity contribution in [1.29, 1.82) is 0 Å². The molecule has 0 aliphatic carbocycles. The van der Waals surface area contributed by atoms with Crippen LogP contribution < -0.4 is 0 Å². The third-order valence-corrected chi connectivity index (χ3v) is 0.721. The van der Waals surface area contributed by atoms with E-state index >= 15 is 0 Å². The van der Waals surface area contributed by atoms with E-state index in [4.69, 9.17) is 9.84 Å². The highest BCUT2D eigenvalue weighted by molar-refractivity contribution is 4.65. The molecule has 0 spiro atoms. The minimum Gasteiger partial charge on any atom is -0.473 e. The second-order valence-corrected chi connectivity index (χ2v) is 1.47. The van der Waals surface area contributed by atoms with Crippen LogP contribution in [0, 0.1) is 0 Å². The third kappa shape index (κ3) is 3.68. The molecule has 0 aliphatic heterocycles. The minimum absolute atomic E-state index is 0.629. The number of ether oxygens (including phenoxy) is 1. The molecule has 8 heavy (non-hydrogen) atoms. The summed E-state index contributed by atoms with van der Waals surface area (Å²) in [6, 6.07) is 0. The van der Waals surface area contributed by atoms with Crippen molar-refractivity contribution >= 4 is 0 Å². The summed E-state index contributed by atoms with van der Waals surface area (Å²) in [5, 5.41) is 8.72. The average Bonchev–Trinajstić information content (AvgIpc) is 1.83. The zero-order valence-corrected chi connectivity index (χ0v) is 5.29. The van der Waals surface area contributed by atoms with Crippen molar-refractivity contribution in [2.75, 3.05) is 0 Å². The lowest BCUT2D eigenvalue weighted by molar-refractivity contribution is -0.0526. The van der Waals surface area contributed by atoms with E-state index in [9.17, 15) is 0 Å². The fourth-order valence-corrected chi connectivity index (χ4v) is 0.265. The lowest BCUT2D eigenvalue weighted by Gasteiger charge is -2.04. The molecule has 0 saturated carbocycles. The summed E-state index contributed by atoms with van der Waals surface area (Å²) in [6.45, 7) is 3.69. The van der Waals surface area contributed by atoms with Crippen molar-refractivity contribution in [3.8, 4) is 0 Å². The highest BCUT2D eigenvalue weighted by atomic mass is 16.6. The van der Waals surface area contributed by atoms with E-state index in [1.807, 2.05) is 13.8 Å². The van der Waals surface area contributed by atoms with Crippen molar-refractivity contribution in [2.45, 2.75) is 26.6 Å². The fraction of sp³-hybridized carbons (Fsp3) is 0.667. The van der Waals surface area contributed by atoms with Crippen molar-refractivity contribution in [1.82, 2.24) is 0 Å². The molecular formula is C6H12O2. The average molecular weight is 116 g/mol. The third-order valence-electron chi connectivity index (χ3n) is 0.721. The number of aliphatic hydroxyl groups excluding tert-OH is 1. The van der Waals surface area contributed by atoms with E-state index in [1.165, 1.54) is 6.26 Å². The van der Waals surface area contributed by atoms with Gasteiger partial charge in [-0.2, -0.15) is 0 Å². The van der Waals surface area contributed by atoms with Gasteiger partial charge in [-0.05, 0) is 6.92 Å². The normalized spacial score (nSPS) is 14.4. The van der Waals surface area contributed by atoms with Gasteiger partial charge < -0.3 is 9.84 Å². The van der Waals surface area contributed by atoms with Crippen molar-refractivity contribution < 1.29 is 9.84 Å². The molecule has 1 atom stereocenters. The first-order valence-corrected chi connectivity index (χ1v) is 2.76. The minimum atomic E-state index is -0.633. The van der Waals surface area contributed by atoms with Crippen LogP contribution >= 0.6 is 0 Å². The lowest BCUT2D eigenvalue weighted by Crippen LogP contribution is -2.04. The number of allylic oxidation sites excluding steroid dienone is 1. The quantitative estimate of drug-likeness (QED) is 0.444. The summed E-state index contributed by atoms with van der Waals surface area (Å²) in [4.78, 5) is 0. The monoisotopic (exact) mass is 116 g/mol. The van der Waals surface area contributed by atoms with Crippen LogP contribution in [0.15, 0.2) is 12.3 Å². The summed E-state index contributed by atoms with van der Waals surface area (Å²) < 4.78 is 4.72. The van der Waals surface area contributed by atoms with Gasteiger partial charge in [-0.15, -0.1) is 0 Å². The molecule has 0 amide bonds. The second kappa shape index (κ2) is 4.65. The Kier molecular flexibility index (Phi) is 4.36. The Morgan fingerprint density at radius 2 is 2.38 bits per heavy atom. The van der Waals surface area contributed by atoms with Crippen LogP contribution in [0.3, 0.4) is 0 Å². The molecule has 0 aliphatic rings. The number of rotatable bonds is 3. The molecular weight excluding hydrogens is 104 g/mol. The van der Waals surface area contributed by atoms with E-state index in [-0.39, 0.29) is 0 Å². The zero-order chi connectivity index (χ0) is 6.41. The molecule has 0 bridgehead atoms. The molecule has 0 fully saturated rings. The molecule has 0 aromatic heterocycles.